The molecule has 0 aromatic heterocycles. The van der Waals surface area contributed by atoms with Gasteiger partial charge in [0, 0.05) is 114 Å². The van der Waals surface area contributed by atoms with Crippen LogP contribution in [-0.2, 0) is 50.5 Å². The highest BCUT2D eigenvalue weighted by molar-refractivity contribution is 8.00. The van der Waals surface area contributed by atoms with Gasteiger partial charge < -0.3 is 20.9 Å². The molecule has 8 aliphatic rings. The van der Waals surface area contributed by atoms with E-state index in [0.717, 1.165) is 95.2 Å². The van der Waals surface area contributed by atoms with Crippen molar-refractivity contribution in [3.05, 3.63) is 105 Å². The number of nitrogens with two attached hydrogens (primary N) is 1. The first-order valence-electron chi connectivity index (χ1n) is 34.1. The molecule has 11 rings (SSSR count). The van der Waals surface area contributed by atoms with Gasteiger partial charge in [-0.05, 0) is 228 Å². The molecule has 514 valence electrons. The molecule has 0 spiro atoms. The summed E-state index contributed by atoms with van der Waals surface area (Å²) in [5.74, 6) is -5.93. The Hall–Kier alpha value is -3.11. The Balaban J connectivity index is 0.000000165. The van der Waals surface area contributed by atoms with Crippen LogP contribution >= 0.6 is 23.5 Å². The molecular weight excluding hydrogens is 1270 g/mol. The summed E-state index contributed by atoms with van der Waals surface area (Å²) in [5.41, 5.74) is 6.82. The van der Waals surface area contributed by atoms with Crippen LogP contribution in [0.15, 0.2) is 36.4 Å². The zero-order valence-electron chi connectivity index (χ0n) is 54.7. The number of amides is 2. The maximum atomic E-state index is 14.6. The van der Waals surface area contributed by atoms with E-state index in [4.69, 9.17) is 5.73 Å². The van der Waals surface area contributed by atoms with Gasteiger partial charge in [-0.25, -0.2) is 39.5 Å². The maximum Gasteiger partial charge on any atom is 0.233 e. The molecule has 6 saturated heterocycles. The number of benzene rings is 3. The molecule has 8 nitrogen and oxygen atoms in total. The van der Waals surface area contributed by atoms with E-state index >= 15 is 0 Å². The van der Waals surface area contributed by atoms with E-state index in [1.807, 2.05) is 65.1 Å². The molecule has 21 heteroatoms. The number of carbonyl (C=O) groups is 2. The second kappa shape index (κ2) is 32.5. The van der Waals surface area contributed by atoms with Crippen molar-refractivity contribution >= 4 is 56.9 Å². The molecule has 2 saturated carbocycles. The van der Waals surface area contributed by atoms with Crippen LogP contribution in [0.4, 0.5) is 39.5 Å². The molecule has 3 unspecified atom stereocenters. The van der Waals surface area contributed by atoms with Crippen molar-refractivity contribution in [1.82, 2.24) is 15.1 Å². The van der Waals surface area contributed by atoms with Gasteiger partial charge >= 0.3 is 0 Å². The third-order valence-corrected chi connectivity index (χ3v) is 28.2. The molecule has 6 bridgehead atoms. The quantitative estimate of drug-likeness (QED) is 0.0902. The third-order valence-electron chi connectivity index (χ3n) is 21.3. The van der Waals surface area contributed by atoms with Crippen LogP contribution < -0.4 is 11.1 Å². The normalized spacial score (nSPS) is 27.5. The Kier molecular flexibility index (Phi) is 25.8. The van der Waals surface area contributed by atoms with E-state index < -0.39 is 78.7 Å². The first-order chi connectivity index (χ1) is 43.6. The molecule has 3 aromatic carbocycles. The van der Waals surface area contributed by atoms with E-state index in [9.17, 15) is 57.5 Å². The summed E-state index contributed by atoms with van der Waals surface area (Å²) in [6, 6.07) is 5.99. The highest BCUT2D eigenvalue weighted by Crippen LogP contribution is 2.45. The number of hydrogen-bond acceptors (Lipinski definition) is 8. The molecule has 3 aromatic rings. The monoisotopic (exact) mass is 1370 g/mol. The van der Waals surface area contributed by atoms with Crippen LogP contribution in [0.5, 0.6) is 0 Å². The summed E-state index contributed by atoms with van der Waals surface area (Å²) in [6.45, 7) is 11.6. The van der Waals surface area contributed by atoms with Crippen LogP contribution in [0, 0.1) is 81.9 Å². The number of hydrogen-bond donors (Lipinski definition) is 2. The fourth-order valence-electron chi connectivity index (χ4n) is 16.2. The van der Waals surface area contributed by atoms with E-state index in [-0.39, 0.29) is 100.0 Å². The minimum absolute atomic E-state index is 0.000352. The second-order valence-corrected chi connectivity index (χ2v) is 37.0. The van der Waals surface area contributed by atoms with Gasteiger partial charge in [0.05, 0.1) is 11.5 Å². The van der Waals surface area contributed by atoms with Crippen molar-refractivity contribution in [3.8, 4) is 0 Å². The standard InChI is InChI=1S/C28H40F3NO2S2.C23H31F3N2OS.C20H28F3NOS/c1-28(2,3)36(34)17-20(11-19-14-25(30)26(31)15-24(19)29)18-12-21-9-10-22(13-18)32(21)27(33)16-35-23-7-5-4-6-8-23;24-19-12-21(26)20(25)10-14(19)11-22(27)15-8-16-6-7-17(9-15)28(16)23(29)13-30-18-4-2-1-3-5-18;1-20(2,3)26(25)11-14(12-7-15-4-5-16(8-12)24-15)6-13-9-18(22)19(23)10-17(13)21/h14-15,18,20-23H,4-13,16-17H2,1-3H3;10,12,15-18,22H,1-9,11,13,27H2;9-10,12,14-16,24H,4-8,11H2,1-3H3/t18?,20-,21-,22+,36+;15?,16-,17+,22-;12?,14-,15-,16+,26+/m010/s1. The van der Waals surface area contributed by atoms with Crippen molar-refractivity contribution in [2.45, 2.75) is 264 Å². The Morgan fingerprint density at radius 2 is 0.772 bits per heavy atom. The van der Waals surface area contributed by atoms with Gasteiger partial charge in [-0.3, -0.25) is 18.0 Å². The Bertz CT molecular complexity index is 3010. The van der Waals surface area contributed by atoms with Crippen LogP contribution in [-0.4, -0.2) is 115 Å². The van der Waals surface area contributed by atoms with E-state index in [2.05, 4.69) is 15.1 Å². The SMILES string of the molecule is CC(C)(C)[S@](=O)C[C@H](Cc1cc(F)c(F)cc1F)C1C[C@H]2CC[C@@H](C1)N2.CC(C)(C)[S@](=O)C[C@H](Cc1cc(F)c(F)cc1F)C1C[C@H]2CC[C@@H](C1)N2C(=O)CSC1CCCCC1.N[C@H](Cc1cc(F)c(F)cc1F)C1C[C@H]2CC[C@@H](C1)N2C(=O)CSC1CCCCC1. The fraction of sp³-hybridized carbons (Fsp3) is 0.718. The van der Waals surface area contributed by atoms with E-state index in [0.29, 0.717) is 76.1 Å². The molecule has 3 N–H and O–H groups in total. The summed E-state index contributed by atoms with van der Waals surface area (Å²) in [6.07, 6.45) is 24.7. The minimum Gasteiger partial charge on any atom is -0.336 e. The second-order valence-electron chi connectivity index (χ2n) is 30.0. The molecule has 92 heavy (non-hydrogen) atoms. The summed E-state index contributed by atoms with van der Waals surface area (Å²) in [5, 5.41) is 4.81. The molecule has 8 fully saturated rings. The van der Waals surface area contributed by atoms with Gasteiger partial charge in [0.1, 0.15) is 17.5 Å². The molecule has 0 radical (unpaired) electrons. The average molecular weight is 1370 g/mol. The number of nitrogens with zero attached hydrogens (tertiary/aromatic N) is 2. The minimum atomic E-state index is -1.19. The lowest BCUT2D eigenvalue weighted by Gasteiger charge is -2.42. The number of rotatable bonds is 19. The number of carbonyl (C=O) groups excluding carboxylic acids is 2. The molecule has 6 aliphatic heterocycles. The number of nitrogens with one attached hydrogen (secondary N) is 1. The largest absolute Gasteiger partial charge is 0.336 e. The maximum absolute atomic E-state index is 14.6. The lowest BCUT2D eigenvalue weighted by atomic mass is 9.78. The van der Waals surface area contributed by atoms with Gasteiger partial charge in [0.15, 0.2) is 34.9 Å². The van der Waals surface area contributed by atoms with Gasteiger partial charge in [0.2, 0.25) is 11.8 Å². The van der Waals surface area contributed by atoms with E-state index in [1.165, 1.54) is 64.2 Å². The average Bonchev–Trinajstić information content (AvgIpc) is 2.47. The van der Waals surface area contributed by atoms with Crippen LogP contribution in [0.2, 0.25) is 0 Å². The van der Waals surface area contributed by atoms with Crippen molar-refractivity contribution in [1.29, 1.82) is 0 Å². The van der Waals surface area contributed by atoms with Crippen molar-refractivity contribution < 1.29 is 57.5 Å². The zero-order valence-corrected chi connectivity index (χ0v) is 58.0. The third kappa shape index (κ3) is 19.4. The lowest BCUT2D eigenvalue weighted by molar-refractivity contribution is -0.134. The number of fused-ring (bicyclic) bond motifs is 6. The lowest BCUT2D eigenvalue weighted by Crippen LogP contribution is -2.51. The molecular formula is C71H99F9N4O4S4. The van der Waals surface area contributed by atoms with Crippen LogP contribution in [0.1, 0.15) is 199 Å². The van der Waals surface area contributed by atoms with Crippen molar-refractivity contribution in [2.75, 3.05) is 23.0 Å². The predicted octanol–water partition coefficient (Wildman–Crippen LogP) is 15.8. The molecule has 2 amide bonds. The number of thioether (sulfide) groups is 2. The Morgan fingerprint density at radius 3 is 1.12 bits per heavy atom. The zero-order chi connectivity index (χ0) is 66.3. The Morgan fingerprint density at radius 1 is 0.457 bits per heavy atom. The summed E-state index contributed by atoms with van der Waals surface area (Å²) >= 11 is 3.64. The highest BCUT2D eigenvalue weighted by atomic mass is 32.2. The molecule has 2 aliphatic carbocycles. The van der Waals surface area contributed by atoms with Crippen LogP contribution in [0.3, 0.4) is 0 Å². The summed E-state index contributed by atoms with van der Waals surface area (Å²) in [4.78, 5) is 30.4. The number of halogens is 9. The first kappa shape index (κ1) is 73.1. The van der Waals surface area contributed by atoms with Gasteiger partial charge in [-0.1, -0.05) is 38.5 Å². The number of piperidine rings is 3. The van der Waals surface area contributed by atoms with Crippen molar-refractivity contribution in [3.63, 3.8) is 0 Å². The van der Waals surface area contributed by atoms with E-state index in [1.54, 1.807) is 0 Å². The van der Waals surface area contributed by atoms with Gasteiger partial charge in [-0.15, -0.1) is 23.5 Å². The van der Waals surface area contributed by atoms with Gasteiger partial charge in [0.25, 0.3) is 0 Å². The summed E-state index contributed by atoms with van der Waals surface area (Å²) < 4.78 is 149. The smallest absolute Gasteiger partial charge is 0.233 e. The topological polar surface area (TPSA) is 113 Å². The van der Waals surface area contributed by atoms with Gasteiger partial charge in [-0.2, -0.15) is 0 Å². The highest BCUT2D eigenvalue weighted by Gasteiger charge is 2.47. The first-order valence-corrected chi connectivity index (χ1v) is 38.9. The van der Waals surface area contributed by atoms with Crippen molar-refractivity contribution in [2.24, 2.45) is 35.3 Å². The molecule has 14 atom stereocenters. The fourth-order valence-corrected chi connectivity index (χ4v) is 21.2. The van der Waals surface area contributed by atoms with Crippen LogP contribution in [0.25, 0.3) is 0 Å². The Labute approximate surface area is 554 Å². The summed E-state index contributed by atoms with van der Waals surface area (Å²) in [7, 11) is -2.23. The predicted molar refractivity (Wildman–Crippen MR) is 355 cm³/mol. The molecule has 6 heterocycles.